The monoisotopic (exact) mass is 599 g/mol. The van der Waals surface area contributed by atoms with Gasteiger partial charge in [-0.05, 0) is 31.0 Å². The molecule has 0 radical (unpaired) electrons. The molecule has 2 bridgehead atoms. The number of nitrogens with one attached hydrogen (secondary N) is 3. The molecule has 4 N–H and O–H groups in total. The minimum atomic E-state index is -5.08. The van der Waals surface area contributed by atoms with E-state index in [0.717, 1.165) is 66.7 Å². The molecule has 1 saturated carbocycles. The summed E-state index contributed by atoms with van der Waals surface area (Å²) in [4.78, 5) is 37.4. The molecule has 2 atom stereocenters. The van der Waals surface area contributed by atoms with E-state index in [1.165, 1.54) is 0 Å². The van der Waals surface area contributed by atoms with Crippen LogP contribution in [0.4, 0.5) is 30.5 Å². The van der Waals surface area contributed by atoms with Crippen LogP contribution in [-0.2, 0) is 14.3 Å². The van der Waals surface area contributed by atoms with E-state index in [9.17, 15) is 18.0 Å². The molecule has 0 aromatic carbocycles. The molecule has 4 aromatic heterocycles. The van der Waals surface area contributed by atoms with Crippen LogP contribution in [0.1, 0.15) is 12.8 Å². The van der Waals surface area contributed by atoms with Crippen LogP contribution < -0.4 is 20.9 Å². The lowest BCUT2D eigenvalue weighted by molar-refractivity contribution is -0.192. The van der Waals surface area contributed by atoms with Crippen molar-refractivity contribution in [3.8, 4) is 11.4 Å². The van der Waals surface area contributed by atoms with E-state index in [1.54, 1.807) is 12.4 Å². The first-order valence-corrected chi connectivity index (χ1v) is 13.6. The third-order valence-electron chi connectivity index (χ3n) is 7.35. The van der Waals surface area contributed by atoms with Gasteiger partial charge < -0.3 is 30.7 Å². The molecule has 7 rings (SSSR count). The van der Waals surface area contributed by atoms with E-state index < -0.39 is 12.1 Å². The largest absolute Gasteiger partial charge is 0.490 e. The summed E-state index contributed by atoms with van der Waals surface area (Å²) in [7, 11) is 1.82. The summed E-state index contributed by atoms with van der Waals surface area (Å²) in [6.07, 6.45) is 2.73. The smallest absolute Gasteiger partial charge is 0.475 e. The number of ether oxygens (including phenoxy) is 1. The number of anilines is 3. The molecule has 0 spiro atoms. The van der Waals surface area contributed by atoms with Gasteiger partial charge in [-0.15, -0.1) is 5.10 Å². The number of aliphatic carboxylic acids is 1. The second-order valence-electron chi connectivity index (χ2n) is 10.5. The van der Waals surface area contributed by atoms with Crippen LogP contribution in [0.5, 0.6) is 0 Å². The molecular formula is C27H28F3N9O4. The summed E-state index contributed by atoms with van der Waals surface area (Å²) in [6.45, 7) is 3.45. The van der Waals surface area contributed by atoms with Crippen LogP contribution >= 0.6 is 0 Å². The Morgan fingerprint density at radius 3 is 2.47 bits per heavy atom. The van der Waals surface area contributed by atoms with Crippen LogP contribution in [0.3, 0.4) is 0 Å². The molecule has 43 heavy (non-hydrogen) atoms. The highest BCUT2D eigenvalue weighted by atomic mass is 19.4. The fraction of sp³-hybridized carbons (Fsp3) is 0.407. The lowest BCUT2D eigenvalue weighted by Gasteiger charge is -2.42. The Morgan fingerprint density at radius 2 is 1.81 bits per heavy atom. The highest BCUT2D eigenvalue weighted by molar-refractivity contribution is 6.03. The first-order chi connectivity index (χ1) is 20.6. The van der Waals surface area contributed by atoms with E-state index >= 15 is 0 Å². The summed E-state index contributed by atoms with van der Waals surface area (Å²) in [5, 5.41) is 23.2. The minimum Gasteiger partial charge on any atom is -0.475 e. The Bertz CT molecular complexity index is 1680. The topological polar surface area (TPSA) is 159 Å². The van der Waals surface area contributed by atoms with Crippen LogP contribution in [0, 0.1) is 5.92 Å². The van der Waals surface area contributed by atoms with E-state index in [0.29, 0.717) is 17.5 Å². The molecule has 13 nitrogen and oxygen atoms in total. The average Bonchev–Trinajstić information content (AvgIpc) is 3.75. The Balaban J connectivity index is 0.000000423. The number of nitrogens with zero attached hydrogens (tertiary/aromatic N) is 6. The van der Waals surface area contributed by atoms with E-state index in [4.69, 9.17) is 24.7 Å². The zero-order valence-electron chi connectivity index (χ0n) is 22.9. The van der Waals surface area contributed by atoms with Crippen molar-refractivity contribution in [1.82, 2.24) is 29.9 Å². The Labute approximate surface area is 242 Å². The third-order valence-corrected chi connectivity index (χ3v) is 7.35. The predicted octanol–water partition coefficient (Wildman–Crippen LogP) is 2.54. The van der Waals surface area contributed by atoms with Gasteiger partial charge in [0.05, 0.1) is 24.1 Å². The number of fused-ring (bicyclic) bond motifs is 4. The maximum Gasteiger partial charge on any atom is 0.490 e. The molecule has 1 aliphatic carbocycles. The predicted molar refractivity (Wildman–Crippen MR) is 150 cm³/mol. The Hall–Kier alpha value is -4.57. The Morgan fingerprint density at radius 1 is 1.09 bits per heavy atom. The fourth-order valence-corrected chi connectivity index (χ4v) is 5.09. The molecule has 3 aliphatic rings. The maximum atomic E-state index is 12.3. The Kier molecular flexibility index (Phi) is 7.47. The number of halogens is 3. The van der Waals surface area contributed by atoms with Gasteiger partial charge in [-0.25, -0.2) is 24.3 Å². The second-order valence-corrected chi connectivity index (χ2v) is 10.5. The van der Waals surface area contributed by atoms with Gasteiger partial charge in [0.2, 0.25) is 5.91 Å². The van der Waals surface area contributed by atoms with E-state index in [-0.39, 0.29) is 24.0 Å². The van der Waals surface area contributed by atoms with Crippen LogP contribution in [0.15, 0.2) is 36.8 Å². The SMILES string of the molecule is CNc1ncc(-c2nc3ccc(N4CC5CNCC(C4)O5)cn3n2)c2cc(NC(=O)C3CC3)ncc12.O=C(O)C(F)(F)F. The summed E-state index contributed by atoms with van der Waals surface area (Å²) in [5.74, 6) is -0.836. The van der Waals surface area contributed by atoms with Crippen molar-refractivity contribution in [2.24, 2.45) is 5.92 Å². The van der Waals surface area contributed by atoms with E-state index in [2.05, 4.69) is 36.9 Å². The van der Waals surface area contributed by atoms with Crippen molar-refractivity contribution in [2.45, 2.75) is 31.2 Å². The normalized spacial score (nSPS) is 20.0. The highest BCUT2D eigenvalue weighted by Gasteiger charge is 2.38. The number of hydrogen-bond donors (Lipinski definition) is 4. The van der Waals surface area contributed by atoms with Gasteiger partial charge in [0.15, 0.2) is 11.5 Å². The van der Waals surface area contributed by atoms with Crippen molar-refractivity contribution in [2.75, 3.05) is 48.8 Å². The zero-order chi connectivity index (χ0) is 30.3. The van der Waals surface area contributed by atoms with Crippen LogP contribution in [0.2, 0.25) is 0 Å². The highest BCUT2D eigenvalue weighted by Crippen LogP contribution is 2.33. The van der Waals surface area contributed by atoms with Gasteiger partial charge in [-0.1, -0.05) is 0 Å². The van der Waals surface area contributed by atoms with Gasteiger partial charge in [-0.2, -0.15) is 13.2 Å². The number of pyridine rings is 3. The van der Waals surface area contributed by atoms with Crippen molar-refractivity contribution in [3.63, 3.8) is 0 Å². The molecule has 2 aliphatic heterocycles. The van der Waals surface area contributed by atoms with Gasteiger partial charge in [0.1, 0.15) is 11.6 Å². The molecule has 6 heterocycles. The average molecular weight is 600 g/mol. The number of carboxylic acid groups (broad SMARTS) is 1. The fourth-order valence-electron chi connectivity index (χ4n) is 5.09. The number of carbonyl (C=O) groups is 2. The molecule has 16 heteroatoms. The molecule has 2 unspecified atom stereocenters. The second kappa shape index (κ2) is 11.3. The van der Waals surface area contributed by atoms with Crippen LogP contribution in [-0.4, -0.2) is 93.2 Å². The number of morpholine rings is 2. The van der Waals surface area contributed by atoms with Gasteiger partial charge >= 0.3 is 12.1 Å². The lowest BCUT2D eigenvalue weighted by atomic mass is 10.1. The number of rotatable bonds is 5. The molecule has 4 aromatic rings. The number of amides is 1. The third kappa shape index (κ3) is 6.15. The summed E-state index contributed by atoms with van der Waals surface area (Å²) in [5.41, 5.74) is 2.64. The van der Waals surface area contributed by atoms with E-state index in [1.807, 2.05) is 29.9 Å². The van der Waals surface area contributed by atoms with Crippen molar-refractivity contribution < 1.29 is 32.6 Å². The van der Waals surface area contributed by atoms with Gasteiger partial charge in [0.25, 0.3) is 0 Å². The molecule has 2 saturated heterocycles. The van der Waals surface area contributed by atoms with Crippen molar-refractivity contribution in [1.29, 1.82) is 0 Å². The number of carboxylic acids is 1. The first kappa shape index (κ1) is 28.5. The quantitative estimate of drug-likeness (QED) is 0.267. The number of alkyl halides is 3. The molecule has 226 valence electrons. The minimum absolute atomic E-state index is 0.0210. The number of hydrogen-bond acceptors (Lipinski definition) is 10. The molecular weight excluding hydrogens is 571 g/mol. The van der Waals surface area contributed by atoms with Crippen molar-refractivity contribution in [3.05, 3.63) is 36.8 Å². The standard InChI is InChI=1S/C25H27N9O2.C2HF3O2/c1-26-23-19-9-28-21(30-25(35)14-2-3-14)6-18(19)20(10-29-23)24-31-22-5-4-15(11-34(22)32-24)33-12-16-7-27-8-17(13-33)36-16;3-2(4,5)1(6)7/h4-6,9-11,14,16-17,27H,2-3,7-8,12-13H2,1H3,(H,26,29)(H,28,30,35);(H,6,7). The summed E-state index contributed by atoms with van der Waals surface area (Å²) >= 11 is 0. The molecule has 1 amide bonds. The number of carbonyl (C=O) groups excluding carboxylic acids is 1. The zero-order valence-corrected chi connectivity index (χ0v) is 22.9. The first-order valence-electron chi connectivity index (χ1n) is 13.6. The number of aromatic nitrogens is 5. The van der Waals surface area contributed by atoms with Gasteiger partial charge in [0, 0.05) is 67.9 Å². The molecule has 3 fully saturated rings. The lowest BCUT2D eigenvalue weighted by Crippen LogP contribution is -2.58. The van der Waals surface area contributed by atoms with Crippen LogP contribution in [0.25, 0.3) is 27.8 Å². The summed E-state index contributed by atoms with van der Waals surface area (Å²) in [6, 6.07) is 5.97. The summed E-state index contributed by atoms with van der Waals surface area (Å²) < 4.78 is 39.6. The maximum absolute atomic E-state index is 12.3. The van der Waals surface area contributed by atoms with Gasteiger partial charge in [-0.3, -0.25) is 4.79 Å². The van der Waals surface area contributed by atoms with Crippen molar-refractivity contribution >= 4 is 45.6 Å².